The first-order valence-corrected chi connectivity index (χ1v) is 4.68. The predicted molar refractivity (Wildman–Crippen MR) is 47.8 cm³/mol. The van der Waals surface area contributed by atoms with E-state index < -0.39 is 0 Å². The smallest absolute Gasteiger partial charge is 0.0917 e. The van der Waals surface area contributed by atoms with Crippen molar-refractivity contribution in [2.45, 2.75) is 25.3 Å². The zero-order valence-corrected chi connectivity index (χ0v) is 7.24. The molecule has 2 heteroatoms. The van der Waals surface area contributed by atoms with Crippen LogP contribution in [0.4, 0.5) is 0 Å². The van der Waals surface area contributed by atoms with Gasteiger partial charge >= 0.3 is 0 Å². The molecule has 2 N–H and O–H groups in total. The molecule has 0 spiro atoms. The predicted octanol–water partition coefficient (Wildman–Crippen LogP) is 0.350. The van der Waals surface area contributed by atoms with Crippen LogP contribution in [0.1, 0.15) is 18.5 Å². The second-order valence-electron chi connectivity index (χ2n) is 3.45. The summed E-state index contributed by atoms with van der Waals surface area (Å²) < 4.78 is 0. The molecule has 1 atom stereocenters. The number of quaternary nitrogens is 1. The molecule has 2 heterocycles. The van der Waals surface area contributed by atoms with Gasteiger partial charge in [-0.05, 0) is 12.1 Å². The van der Waals surface area contributed by atoms with Gasteiger partial charge in [0.05, 0.1) is 12.6 Å². The minimum atomic E-state index is 0.792. The molecule has 0 amide bonds. The Morgan fingerprint density at radius 2 is 2.50 bits per heavy atom. The lowest BCUT2D eigenvalue weighted by Crippen LogP contribution is -2.87. The first-order valence-electron chi connectivity index (χ1n) is 4.68. The molecule has 64 valence electrons. The van der Waals surface area contributed by atoms with Crippen molar-refractivity contribution in [3.05, 3.63) is 30.1 Å². The van der Waals surface area contributed by atoms with E-state index in [0.717, 1.165) is 12.5 Å². The number of nitrogens with two attached hydrogens (primary N) is 1. The van der Waals surface area contributed by atoms with Crippen molar-refractivity contribution < 1.29 is 5.32 Å². The Bertz CT molecular complexity index is 227. The summed E-state index contributed by atoms with van der Waals surface area (Å²) in [4.78, 5) is 4.32. The van der Waals surface area contributed by atoms with E-state index in [4.69, 9.17) is 0 Å². The molecule has 1 aliphatic heterocycles. The molecule has 1 saturated heterocycles. The van der Waals surface area contributed by atoms with Crippen LogP contribution in [0.3, 0.4) is 0 Å². The van der Waals surface area contributed by atoms with E-state index in [2.05, 4.69) is 22.4 Å². The van der Waals surface area contributed by atoms with Crippen LogP contribution in [-0.4, -0.2) is 17.6 Å². The van der Waals surface area contributed by atoms with E-state index >= 15 is 0 Å². The van der Waals surface area contributed by atoms with Crippen LogP contribution in [0, 0.1) is 0 Å². The molecule has 0 aromatic carbocycles. The highest BCUT2D eigenvalue weighted by atomic mass is 14.9. The molecule has 0 bridgehead atoms. The second-order valence-corrected chi connectivity index (χ2v) is 3.45. The molecular weight excluding hydrogens is 148 g/mol. The maximum Gasteiger partial charge on any atom is 0.0917 e. The lowest BCUT2D eigenvalue weighted by molar-refractivity contribution is -0.669. The molecule has 1 aliphatic rings. The van der Waals surface area contributed by atoms with E-state index in [0.29, 0.717) is 0 Å². The summed E-state index contributed by atoms with van der Waals surface area (Å²) in [5.41, 5.74) is 1.24. The maximum absolute atomic E-state index is 4.32. The van der Waals surface area contributed by atoms with Crippen molar-refractivity contribution >= 4 is 0 Å². The molecule has 1 aromatic rings. The molecule has 0 unspecified atom stereocenters. The summed E-state index contributed by atoms with van der Waals surface area (Å²) in [5, 5.41) is 2.44. The van der Waals surface area contributed by atoms with Crippen LogP contribution < -0.4 is 5.32 Å². The van der Waals surface area contributed by atoms with Gasteiger partial charge in [0.2, 0.25) is 0 Å². The third-order valence-corrected chi connectivity index (χ3v) is 2.48. The first kappa shape index (κ1) is 7.74. The van der Waals surface area contributed by atoms with Gasteiger partial charge in [0, 0.05) is 31.2 Å². The fraction of sp³-hybridized carbons (Fsp3) is 0.500. The molecule has 2 rings (SSSR count). The van der Waals surface area contributed by atoms with E-state index in [-0.39, 0.29) is 0 Å². The minimum Gasteiger partial charge on any atom is -0.343 e. The number of hydrogen-bond acceptors (Lipinski definition) is 1. The highest BCUT2D eigenvalue weighted by Crippen LogP contribution is 2.04. The van der Waals surface area contributed by atoms with Gasteiger partial charge in [-0.3, -0.25) is 4.98 Å². The molecule has 2 nitrogen and oxygen atoms in total. The Balaban J connectivity index is 1.94. The van der Waals surface area contributed by atoms with Crippen molar-refractivity contribution in [2.24, 2.45) is 0 Å². The molecule has 0 aliphatic carbocycles. The van der Waals surface area contributed by atoms with Crippen molar-refractivity contribution in [1.82, 2.24) is 4.98 Å². The van der Waals surface area contributed by atoms with Crippen molar-refractivity contribution in [3.63, 3.8) is 0 Å². The van der Waals surface area contributed by atoms with Crippen LogP contribution in [0.5, 0.6) is 0 Å². The Morgan fingerprint density at radius 3 is 3.17 bits per heavy atom. The monoisotopic (exact) mass is 163 g/mol. The largest absolute Gasteiger partial charge is 0.343 e. The fourth-order valence-corrected chi connectivity index (χ4v) is 1.82. The second kappa shape index (κ2) is 3.68. The van der Waals surface area contributed by atoms with E-state index in [1.807, 2.05) is 12.3 Å². The zero-order valence-electron chi connectivity index (χ0n) is 7.24. The third kappa shape index (κ3) is 1.83. The third-order valence-electron chi connectivity index (χ3n) is 2.48. The van der Waals surface area contributed by atoms with Crippen LogP contribution in [0.2, 0.25) is 0 Å². The van der Waals surface area contributed by atoms with Gasteiger partial charge in [0.25, 0.3) is 0 Å². The topological polar surface area (TPSA) is 29.5 Å². The summed E-state index contributed by atoms with van der Waals surface area (Å²) in [7, 11) is 0. The van der Waals surface area contributed by atoms with Gasteiger partial charge in [0.1, 0.15) is 0 Å². The quantitative estimate of drug-likeness (QED) is 0.670. The van der Waals surface area contributed by atoms with Gasteiger partial charge in [-0.1, -0.05) is 6.07 Å². The number of rotatable bonds is 2. The summed E-state index contributed by atoms with van der Waals surface area (Å²) in [6.45, 7) is 1.30. The van der Waals surface area contributed by atoms with E-state index in [9.17, 15) is 0 Å². The Morgan fingerprint density at radius 1 is 1.50 bits per heavy atom. The van der Waals surface area contributed by atoms with Gasteiger partial charge in [0.15, 0.2) is 0 Å². The highest BCUT2D eigenvalue weighted by molar-refractivity contribution is 5.04. The van der Waals surface area contributed by atoms with Crippen molar-refractivity contribution in [3.8, 4) is 0 Å². The molecule has 0 saturated carbocycles. The first-order chi connectivity index (χ1) is 5.95. The van der Waals surface area contributed by atoms with Crippen LogP contribution in [0.15, 0.2) is 24.4 Å². The SMILES string of the molecule is c1ccc(C[C@@H]2CCC[NH2+]2)nc1. The molecule has 1 aromatic heterocycles. The van der Waals surface area contributed by atoms with Crippen LogP contribution >= 0.6 is 0 Å². The lowest BCUT2D eigenvalue weighted by atomic mass is 10.1. The number of aromatic nitrogens is 1. The summed E-state index contributed by atoms with van der Waals surface area (Å²) >= 11 is 0. The van der Waals surface area contributed by atoms with Crippen molar-refractivity contribution in [1.29, 1.82) is 0 Å². The molecule has 12 heavy (non-hydrogen) atoms. The molecular formula is C10H15N2+. The van der Waals surface area contributed by atoms with Crippen LogP contribution in [0.25, 0.3) is 0 Å². The fourth-order valence-electron chi connectivity index (χ4n) is 1.82. The number of nitrogens with zero attached hydrogens (tertiary/aromatic N) is 1. The maximum atomic E-state index is 4.32. The van der Waals surface area contributed by atoms with Crippen LogP contribution in [-0.2, 0) is 6.42 Å². The van der Waals surface area contributed by atoms with Gasteiger partial charge < -0.3 is 5.32 Å². The van der Waals surface area contributed by atoms with Gasteiger partial charge in [-0.15, -0.1) is 0 Å². The Kier molecular flexibility index (Phi) is 2.37. The van der Waals surface area contributed by atoms with Gasteiger partial charge in [-0.25, -0.2) is 0 Å². The highest BCUT2D eigenvalue weighted by Gasteiger charge is 2.18. The summed E-state index contributed by atoms with van der Waals surface area (Å²) in [5.74, 6) is 0. The summed E-state index contributed by atoms with van der Waals surface area (Å²) in [6.07, 6.45) is 5.75. The average molecular weight is 163 g/mol. The normalized spacial score (nSPS) is 22.8. The van der Waals surface area contributed by atoms with E-state index in [1.54, 1.807) is 0 Å². The number of hydrogen-bond donors (Lipinski definition) is 1. The average Bonchev–Trinajstić information content (AvgIpc) is 2.59. The standard InChI is InChI=1S/C10H14N2/c1-2-6-11-9(4-1)8-10-5-3-7-12-10/h1-2,4,6,10,12H,3,5,7-8H2/p+1/t10-/m0/s1. The van der Waals surface area contributed by atoms with Gasteiger partial charge in [-0.2, -0.15) is 0 Å². The van der Waals surface area contributed by atoms with Crippen molar-refractivity contribution in [2.75, 3.05) is 6.54 Å². The Labute approximate surface area is 73.0 Å². The summed E-state index contributed by atoms with van der Waals surface area (Å²) in [6, 6.07) is 6.95. The minimum absolute atomic E-state index is 0.792. The molecule has 1 fully saturated rings. The number of pyridine rings is 1. The van der Waals surface area contributed by atoms with E-state index in [1.165, 1.54) is 25.1 Å². The Hall–Kier alpha value is -0.890. The zero-order chi connectivity index (χ0) is 8.23. The molecule has 0 radical (unpaired) electrons. The lowest BCUT2D eigenvalue weighted by Gasteiger charge is -2.04.